The maximum absolute atomic E-state index is 12.3. The van der Waals surface area contributed by atoms with Crippen LogP contribution in [0.1, 0.15) is 25.8 Å². The zero-order valence-electron chi connectivity index (χ0n) is 13.9. The van der Waals surface area contributed by atoms with E-state index < -0.39 is 17.1 Å². The average molecular weight is 428 g/mol. The largest absolute Gasteiger partial charge is 0.492 e. The minimum atomic E-state index is -0.605. The number of halogens is 1. The van der Waals surface area contributed by atoms with E-state index in [1.807, 2.05) is 13.0 Å². The Bertz CT molecular complexity index is 719. The highest BCUT2D eigenvalue weighted by molar-refractivity contribution is 9.10. The summed E-state index contributed by atoms with van der Waals surface area (Å²) in [6.45, 7) is 4.13. The van der Waals surface area contributed by atoms with Gasteiger partial charge in [0.1, 0.15) is 12.3 Å². The number of amides is 2. The van der Waals surface area contributed by atoms with Crippen LogP contribution in [-0.2, 0) is 14.3 Å². The topological polar surface area (TPSA) is 72.9 Å². The molecule has 8 heteroatoms. The summed E-state index contributed by atoms with van der Waals surface area (Å²) >= 11 is 4.24. The molecule has 0 atom stereocenters. The first-order chi connectivity index (χ1) is 12.0. The molecule has 0 bridgehead atoms. The third-order valence-corrected chi connectivity index (χ3v) is 4.71. The maximum atomic E-state index is 12.3. The van der Waals surface area contributed by atoms with E-state index in [0.717, 1.165) is 38.9 Å². The number of carbonyl (C=O) groups excluding carboxylic acids is 3. The Morgan fingerprint density at radius 1 is 1.32 bits per heavy atom. The lowest BCUT2D eigenvalue weighted by atomic mass is 10.2. The Balaban J connectivity index is 2.13. The molecule has 0 spiro atoms. The predicted octanol–water partition coefficient (Wildman–Crippen LogP) is 3.84. The second kappa shape index (κ2) is 9.05. The third-order valence-electron chi connectivity index (χ3n) is 3.18. The second-order valence-corrected chi connectivity index (χ2v) is 6.96. The van der Waals surface area contributed by atoms with Crippen molar-refractivity contribution in [2.45, 2.75) is 20.3 Å². The molecule has 0 saturated carbocycles. The minimum Gasteiger partial charge on any atom is -0.492 e. The van der Waals surface area contributed by atoms with E-state index in [4.69, 9.17) is 9.47 Å². The van der Waals surface area contributed by atoms with Gasteiger partial charge in [-0.15, -0.1) is 0 Å². The van der Waals surface area contributed by atoms with Gasteiger partial charge in [0.2, 0.25) is 0 Å². The van der Waals surface area contributed by atoms with Crippen molar-refractivity contribution in [3.8, 4) is 5.75 Å². The van der Waals surface area contributed by atoms with Crippen LogP contribution in [0.3, 0.4) is 0 Å². The lowest BCUT2D eigenvalue weighted by molar-refractivity contribution is -0.145. The van der Waals surface area contributed by atoms with E-state index in [9.17, 15) is 14.4 Å². The maximum Gasteiger partial charge on any atom is 0.326 e. The molecule has 2 amide bonds. The number of thioether (sulfide) groups is 1. The quantitative estimate of drug-likeness (QED) is 0.486. The molecule has 0 unspecified atom stereocenters. The lowest BCUT2D eigenvalue weighted by Gasteiger charge is -2.10. The fraction of sp³-hybridized carbons (Fsp3) is 0.353. The highest BCUT2D eigenvalue weighted by atomic mass is 79.9. The highest BCUT2D eigenvalue weighted by Crippen LogP contribution is 2.33. The van der Waals surface area contributed by atoms with Gasteiger partial charge in [0.05, 0.1) is 22.6 Å². The normalized spacial score (nSPS) is 15.8. The van der Waals surface area contributed by atoms with Crippen LogP contribution in [0.4, 0.5) is 4.79 Å². The van der Waals surface area contributed by atoms with Gasteiger partial charge in [-0.2, -0.15) is 0 Å². The molecule has 1 fully saturated rings. The first-order valence-electron chi connectivity index (χ1n) is 7.79. The molecule has 0 aliphatic carbocycles. The van der Waals surface area contributed by atoms with E-state index in [1.165, 1.54) is 0 Å². The number of hydrogen-bond acceptors (Lipinski definition) is 6. The monoisotopic (exact) mass is 427 g/mol. The number of benzene rings is 1. The van der Waals surface area contributed by atoms with Crippen molar-refractivity contribution in [2.24, 2.45) is 0 Å². The molecule has 25 heavy (non-hydrogen) atoms. The second-order valence-electron chi connectivity index (χ2n) is 5.11. The molecule has 1 saturated heterocycles. The standard InChI is InChI=1S/C17H18BrNO5S/c1-3-7-24-13-6-5-11(8-12(13)18)9-14-16(21)19(17(22)25-14)10-15(20)23-4-2/h5-6,8-9H,3-4,7,10H2,1-2H3/b14-9-. The smallest absolute Gasteiger partial charge is 0.326 e. The zero-order chi connectivity index (χ0) is 18.4. The van der Waals surface area contributed by atoms with Crippen molar-refractivity contribution in [2.75, 3.05) is 19.8 Å². The summed E-state index contributed by atoms with van der Waals surface area (Å²) in [6.07, 6.45) is 2.52. The van der Waals surface area contributed by atoms with Crippen LogP contribution < -0.4 is 4.74 Å². The Kier molecular flexibility index (Phi) is 7.07. The van der Waals surface area contributed by atoms with Crippen molar-refractivity contribution in [1.29, 1.82) is 0 Å². The molecule has 1 aliphatic rings. The van der Waals surface area contributed by atoms with E-state index in [0.29, 0.717) is 6.61 Å². The number of hydrogen-bond donors (Lipinski definition) is 0. The molecule has 0 N–H and O–H groups in total. The molecule has 134 valence electrons. The van der Waals surface area contributed by atoms with Gasteiger partial charge in [0.15, 0.2) is 0 Å². The predicted molar refractivity (Wildman–Crippen MR) is 99.2 cm³/mol. The van der Waals surface area contributed by atoms with Gasteiger partial charge < -0.3 is 9.47 Å². The summed E-state index contributed by atoms with van der Waals surface area (Å²) in [5.41, 5.74) is 0.748. The number of esters is 1. The number of carbonyl (C=O) groups is 3. The molecular weight excluding hydrogens is 410 g/mol. The van der Waals surface area contributed by atoms with Gasteiger partial charge in [-0.25, -0.2) is 0 Å². The van der Waals surface area contributed by atoms with Crippen molar-refractivity contribution in [1.82, 2.24) is 4.90 Å². The van der Waals surface area contributed by atoms with Crippen LogP contribution in [0.5, 0.6) is 5.75 Å². The van der Waals surface area contributed by atoms with Crippen LogP contribution in [0.2, 0.25) is 0 Å². The van der Waals surface area contributed by atoms with Crippen molar-refractivity contribution >= 4 is 50.9 Å². The van der Waals surface area contributed by atoms with E-state index in [2.05, 4.69) is 15.9 Å². The summed E-state index contributed by atoms with van der Waals surface area (Å²) in [5.74, 6) is -0.383. The summed E-state index contributed by atoms with van der Waals surface area (Å²) < 4.78 is 11.1. The molecule has 6 nitrogen and oxygen atoms in total. The lowest BCUT2D eigenvalue weighted by Crippen LogP contribution is -2.34. The molecule has 1 aromatic carbocycles. The fourth-order valence-electron chi connectivity index (χ4n) is 2.06. The van der Waals surface area contributed by atoms with Crippen molar-refractivity contribution in [3.05, 3.63) is 33.1 Å². The molecular formula is C17H18BrNO5S. The number of ether oxygens (including phenoxy) is 2. The van der Waals surface area contributed by atoms with Gasteiger partial charge in [0, 0.05) is 0 Å². The first kappa shape index (κ1) is 19.5. The van der Waals surface area contributed by atoms with Gasteiger partial charge >= 0.3 is 5.97 Å². The third kappa shape index (κ3) is 5.09. The SMILES string of the molecule is CCCOc1ccc(/C=C2\SC(=O)N(CC(=O)OCC)C2=O)cc1Br. The van der Waals surface area contributed by atoms with Crippen LogP contribution in [0.25, 0.3) is 6.08 Å². The number of rotatable bonds is 7. The van der Waals surface area contributed by atoms with Crippen LogP contribution in [0.15, 0.2) is 27.6 Å². The van der Waals surface area contributed by atoms with Gasteiger partial charge in [-0.1, -0.05) is 13.0 Å². The van der Waals surface area contributed by atoms with Gasteiger partial charge in [0.25, 0.3) is 11.1 Å². The molecule has 1 aromatic rings. The summed E-state index contributed by atoms with van der Waals surface area (Å²) in [5, 5.41) is -0.480. The van der Waals surface area contributed by atoms with Crippen LogP contribution in [-0.4, -0.2) is 41.8 Å². The molecule has 1 aliphatic heterocycles. The van der Waals surface area contributed by atoms with Gasteiger partial charge in [-0.3, -0.25) is 19.3 Å². The van der Waals surface area contributed by atoms with E-state index in [1.54, 1.807) is 25.1 Å². The first-order valence-corrected chi connectivity index (χ1v) is 9.40. The molecule has 1 heterocycles. The summed E-state index contributed by atoms with van der Waals surface area (Å²) in [6, 6.07) is 5.41. The fourth-order valence-corrected chi connectivity index (χ4v) is 3.41. The van der Waals surface area contributed by atoms with Crippen LogP contribution >= 0.6 is 27.7 Å². The molecule has 0 aromatic heterocycles. The van der Waals surface area contributed by atoms with E-state index >= 15 is 0 Å². The van der Waals surface area contributed by atoms with Crippen LogP contribution in [0, 0.1) is 0 Å². The summed E-state index contributed by atoms with van der Waals surface area (Å²) in [4.78, 5) is 36.9. The Labute approximate surface area is 158 Å². The van der Waals surface area contributed by atoms with Gasteiger partial charge in [-0.05, 0) is 64.8 Å². The van der Waals surface area contributed by atoms with E-state index in [-0.39, 0.29) is 18.1 Å². The minimum absolute atomic E-state index is 0.200. The Hall–Kier alpha value is -1.80. The summed E-state index contributed by atoms with van der Waals surface area (Å²) in [7, 11) is 0. The Morgan fingerprint density at radius 2 is 2.08 bits per heavy atom. The average Bonchev–Trinajstić information content (AvgIpc) is 2.82. The Morgan fingerprint density at radius 3 is 2.72 bits per heavy atom. The number of imide groups is 1. The number of nitrogens with zero attached hydrogens (tertiary/aromatic N) is 1. The van der Waals surface area contributed by atoms with Crippen molar-refractivity contribution < 1.29 is 23.9 Å². The molecule has 0 radical (unpaired) electrons. The zero-order valence-corrected chi connectivity index (χ0v) is 16.3. The molecule has 2 rings (SSSR count). The van der Waals surface area contributed by atoms with Crippen molar-refractivity contribution in [3.63, 3.8) is 0 Å². The highest BCUT2D eigenvalue weighted by Gasteiger charge is 2.36.